The number of ether oxygens (including phenoxy) is 1. The average Bonchev–Trinajstić information content (AvgIpc) is 2.53. The first-order valence-electron chi connectivity index (χ1n) is 7.50. The number of esters is 1. The lowest BCUT2D eigenvalue weighted by molar-refractivity contribution is -0.144. The molecule has 1 unspecified atom stereocenters. The van der Waals surface area contributed by atoms with Gasteiger partial charge in [0.15, 0.2) is 0 Å². The summed E-state index contributed by atoms with van der Waals surface area (Å²) in [7, 11) is 1.78. The number of rotatable bonds is 8. The molecule has 0 aromatic heterocycles. The highest BCUT2D eigenvalue weighted by atomic mass is 35.5. The van der Waals surface area contributed by atoms with Gasteiger partial charge in [0.2, 0.25) is 5.91 Å². The summed E-state index contributed by atoms with van der Waals surface area (Å²) in [4.78, 5) is 35.1. The molecular weight excluding hydrogens is 334 g/mol. The monoisotopic (exact) mass is 357 g/mol. The van der Waals surface area contributed by atoms with Crippen molar-refractivity contribution in [3.63, 3.8) is 0 Å². The van der Waals surface area contributed by atoms with Crippen LogP contribution < -0.4 is 16.0 Å². The maximum absolute atomic E-state index is 12.0. The van der Waals surface area contributed by atoms with Gasteiger partial charge in [0.05, 0.1) is 6.61 Å². The number of halogens is 1. The minimum absolute atomic E-state index is 0. The zero-order valence-electron chi connectivity index (χ0n) is 14.0. The van der Waals surface area contributed by atoms with Crippen LogP contribution in [0.5, 0.6) is 0 Å². The molecule has 1 atom stereocenters. The van der Waals surface area contributed by atoms with E-state index in [2.05, 4.69) is 16.0 Å². The third-order valence-corrected chi connectivity index (χ3v) is 3.02. The fraction of sp³-hybridized carbons (Fsp3) is 0.438. The molecule has 1 aromatic carbocycles. The number of amides is 2. The highest BCUT2D eigenvalue weighted by molar-refractivity contribution is 5.97. The largest absolute Gasteiger partial charge is 0.464 e. The van der Waals surface area contributed by atoms with Crippen LogP contribution >= 0.6 is 12.4 Å². The Morgan fingerprint density at radius 2 is 1.79 bits per heavy atom. The predicted molar refractivity (Wildman–Crippen MR) is 94.4 cm³/mol. The normalized spacial score (nSPS) is 11.0. The lowest BCUT2D eigenvalue weighted by atomic mass is 10.1. The Hall–Kier alpha value is -2.12. The van der Waals surface area contributed by atoms with Crippen molar-refractivity contribution in [2.45, 2.75) is 26.3 Å². The molecule has 0 heterocycles. The Morgan fingerprint density at radius 3 is 2.33 bits per heavy atom. The maximum atomic E-state index is 12.0. The van der Waals surface area contributed by atoms with Crippen molar-refractivity contribution >= 4 is 35.9 Å². The van der Waals surface area contributed by atoms with Crippen molar-refractivity contribution < 1.29 is 19.1 Å². The molecule has 2 amide bonds. The smallest absolute Gasteiger partial charge is 0.328 e. The number of hydrogen-bond donors (Lipinski definition) is 3. The number of anilines is 1. The van der Waals surface area contributed by atoms with Crippen molar-refractivity contribution in [2.75, 3.05) is 25.5 Å². The number of hydrogen-bond acceptors (Lipinski definition) is 5. The third-order valence-electron chi connectivity index (χ3n) is 3.02. The Labute approximate surface area is 147 Å². The molecule has 0 fully saturated rings. The minimum Gasteiger partial charge on any atom is -0.464 e. The van der Waals surface area contributed by atoms with Crippen LogP contribution in [0.4, 0.5) is 5.69 Å². The van der Waals surface area contributed by atoms with E-state index in [0.29, 0.717) is 24.2 Å². The van der Waals surface area contributed by atoms with Crippen molar-refractivity contribution in [2.24, 2.45) is 0 Å². The van der Waals surface area contributed by atoms with Gasteiger partial charge in [-0.05, 0) is 45.2 Å². The second-order valence-electron chi connectivity index (χ2n) is 4.93. The zero-order valence-corrected chi connectivity index (χ0v) is 14.9. The first kappa shape index (κ1) is 21.9. The summed E-state index contributed by atoms with van der Waals surface area (Å²) in [6.07, 6.45) is 0.371. The van der Waals surface area contributed by atoms with E-state index in [0.717, 1.165) is 0 Å². The molecule has 7 nitrogen and oxygen atoms in total. The summed E-state index contributed by atoms with van der Waals surface area (Å²) in [6.45, 7) is 4.13. The van der Waals surface area contributed by atoms with E-state index in [9.17, 15) is 14.4 Å². The molecule has 24 heavy (non-hydrogen) atoms. The lowest BCUT2D eigenvalue weighted by Crippen LogP contribution is -2.39. The molecule has 1 aromatic rings. The summed E-state index contributed by atoms with van der Waals surface area (Å²) >= 11 is 0. The summed E-state index contributed by atoms with van der Waals surface area (Å²) in [6, 6.07) is 5.73. The molecule has 0 spiro atoms. The Kier molecular flexibility index (Phi) is 10.4. The molecule has 0 aliphatic rings. The summed E-state index contributed by atoms with van der Waals surface area (Å²) < 4.78 is 4.83. The molecule has 134 valence electrons. The first-order chi connectivity index (χ1) is 11.0. The lowest BCUT2D eigenvalue weighted by Gasteiger charge is -2.13. The van der Waals surface area contributed by atoms with Crippen molar-refractivity contribution in [1.82, 2.24) is 10.6 Å². The van der Waals surface area contributed by atoms with Gasteiger partial charge in [-0.25, -0.2) is 4.79 Å². The third kappa shape index (κ3) is 7.43. The predicted octanol–water partition coefficient (Wildman–Crippen LogP) is 1.34. The SMILES string of the molecule is CCOC(=O)C(C)NC(=O)c1ccc(NC(=O)CCNC)cc1.Cl. The van der Waals surface area contributed by atoms with Crippen LogP contribution in [0.3, 0.4) is 0 Å². The van der Waals surface area contributed by atoms with Gasteiger partial charge < -0.3 is 20.7 Å². The van der Waals surface area contributed by atoms with Crippen molar-refractivity contribution in [3.8, 4) is 0 Å². The quantitative estimate of drug-likeness (QED) is 0.610. The molecule has 0 saturated carbocycles. The van der Waals surface area contributed by atoms with Crippen LogP contribution in [0, 0.1) is 0 Å². The highest BCUT2D eigenvalue weighted by Crippen LogP contribution is 2.10. The van der Waals surface area contributed by atoms with E-state index in [1.165, 1.54) is 0 Å². The number of benzene rings is 1. The van der Waals surface area contributed by atoms with E-state index in [4.69, 9.17) is 4.74 Å². The van der Waals surface area contributed by atoms with Gasteiger partial charge in [-0.3, -0.25) is 9.59 Å². The standard InChI is InChI=1S/C16H23N3O4.ClH/c1-4-23-16(22)11(2)18-15(21)12-5-7-13(8-6-12)19-14(20)9-10-17-3;/h5-8,11,17H,4,9-10H2,1-3H3,(H,18,21)(H,19,20);1H. The molecule has 0 aliphatic carbocycles. The minimum atomic E-state index is -0.719. The van der Waals surface area contributed by atoms with Crippen LogP contribution in [-0.2, 0) is 14.3 Å². The Morgan fingerprint density at radius 1 is 1.17 bits per heavy atom. The van der Waals surface area contributed by atoms with Crippen LogP contribution in [0.1, 0.15) is 30.6 Å². The Balaban J connectivity index is 0.00000529. The van der Waals surface area contributed by atoms with Crippen molar-refractivity contribution in [1.29, 1.82) is 0 Å². The van der Waals surface area contributed by atoms with E-state index in [1.807, 2.05) is 0 Å². The number of carbonyl (C=O) groups is 3. The van der Waals surface area contributed by atoms with Gasteiger partial charge in [-0.15, -0.1) is 12.4 Å². The van der Waals surface area contributed by atoms with Gasteiger partial charge >= 0.3 is 5.97 Å². The van der Waals surface area contributed by atoms with Crippen LogP contribution in [0.25, 0.3) is 0 Å². The number of carbonyl (C=O) groups excluding carboxylic acids is 3. The van der Waals surface area contributed by atoms with Crippen LogP contribution in [0.2, 0.25) is 0 Å². The average molecular weight is 358 g/mol. The van der Waals surface area contributed by atoms with Gasteiger partial charge in [-0.2, -0.15) is 0 Å². The van der Waals surface area contributed by atoms with Crippen LogP contribution in [-0.4, -0.2) is 44.0 Å². The van der Waals surface area contributed by atoms with E-state index in [1.54, 1.807) is 45.2 Å². The van der Waals surface area contributed by atoms with E-state index in [-0.39, 0.29) is 30.8 Å². The van der Waals surface area contributed by atoms with Crippen LogP contribution in [0.15, 0.2) is 24.3 Å². The van der Waals surface area contributed by atoms with E-state index >= 15 is 0 Å². The first-order valence-corrected chi connectivity index (χ1v) is 7.50. The molecule has 0 radical (unpaired) electrons. The maximum Gasteiger partial charge on any atom is 0.328 e. The summed E-state index contributed by atoms with van der Waals surface area (Å²) in [5.41, 5.74) is 1.01. The molecule has 8 heteroatoms. The molecule has 0 aliphatic heterocycles. The topological polar surface area (TPSA) is 96.5 Å². The molecule has 0 bridgehead atoms. The summed E-state index contributed by atoms with van der Waals surface area (Å²) in [5.74, 6) is -0.958. The van der Waals surface area contributed by atoms with Gasteiger partial charge in [0, 0.05) is 24.2 Å². The fourth-order valence-electron chi connectivity index (χ4n) is 1.77. The van der Waals surface area contributed by atoms with E-state index < -0.39 is 12.0 Å². The fourth-order valence-corrected chi connectivity index (χ4v) is 1.77. The molecule has 1 rings (SSSR count). The van der Waals surface area contributed by atoms with Crippen molar-refractivity contribution in [3.05, 3.63) is 29.8 Å². The number of nitrogens with one attached hydrogen (secondary N) is 3. The molecular formula is C16H24ClN3O4. The second kappa shape index (κ2) is 11.4. The second-order valence-corrected chi connectivity index (χ2v) is 4.93. The molecule has 3 N–H and O–H groups in total. The van der Waals surface area contributed by atoms with Gasteiger partial charge in [-0.1, -0.05) is 0 Å². The summed E-state index contributed by atoms with van der Waals surface area (Å²) in [5, 5.41) is 8.19. The zero-order chi connectivity index (χ0) is 17.2. The van der Waals surface area contributed by atoms with Gasteiger partial charge in [0.1, 0.15) is 6.04 Å². The highest BCUT2D eigenvalue weighted by Gasteiger charge is 2.17. The Bertz CT molecular complexity index is 549. The molecule has 0 saturated heterocycles. The van der Waals surface area contributed by atoms with Gasteiger partial charge in [0.25, 0.3) is 5.91 Å².